The number of nitrogens with one attached hydrogen (secondary N) is 1. The Morgan fingerprint density at radius 1 is 1.35 bits per heavy atom. The lowest BCUT2D eigenvalue weighted by Crippen LogP contribution is -2.17. The molecule has 0 atom stereocenters. The summed E-state index contributed by atoms with van der Waals surface area (Å²) in [6.45, 7) is 5.94. The van der Waals surface area contributed by atoms with Crippen LogP contribution >= 0.6 is 11.6 Å². The van der Waals surface area contributed by atoms with E-state index in [0.717, 1.165) is 16.9 Å². The summed E-state index contributed by atoms with van der Waals surface area (Å²) in [4.78, 5) is 12.2. The average molecular weight is 251 g/mol. The van der Waals surface area contributed by atoms with Gasteiger partial charge in [0.15, 0.2) is 0 Å². The number of nitrogens with zero attached hydrogens (tertiary/aromatic N) is 1. The topological polar surface area (TPSA) is 37.8 Å². The van der Waals surface area contributed by atoms with Gasteiger partial charge in [0.2, 0.25) is 0 Å². The van der Waals surface area contributed by atoms with E-state index in [-0.39, 0.29) is 11.5 Å². The summed E-state index contributed by atoms with van der Waals surface area (Å²) in [7, 11) is 0. The first-order valence-corrected chi connectivity index (χ1v) is 5.96. The van der Waals surface area contributed by atoms with E-state index in [9.17, 15) is 4.79 Å². The van der Waals surface area contributed by atoms with Crippen LogP contribution in [0.25, 0.3) is 5.69 Å². The van der Waals surface area contributed by atoms with Crippen molar-refractivity contribution in [3.63, 3.8) is 0 Å². The standard InChI is InChI=1S/C13H15ClN2O/c1-8(2)12-9(3)15-16(13(12)17)11-6-4-5-10(14)7-11/h4-8,15H,1-3H3. The Bertz CT molecular complexity index is 596. The Hall–Kier alpha value is -1.48. The van der Waals surface area contributed by atoms with Crippen LogP contribution in [0.5, 0.6) is 0 Å². The van der Waals surface area contributed by atoms with Crippen LogP contribution < -0.4 is 5.56 Å². The van der Waals surface area contributed by atoms with E-state index < -0.39 is 0 Å². The predicted octanol–water partition coefficient (Wildman–Crippen LogP) is 3.25. The summed E-state index contributed by atoms with van der Waals surface area (Å²) in [5.41, 5.74) is 2.49. The number of rotatable bonds is 2. The highest BCUT2D eigenvalue weighted by molar-refractivity contribution is 6.30. The molecule has 1 N–H and O–H groups in total. The Morgan fingerprint density at radius 3 is 2.59 bits per heavy atom. The molecule has 90 valence electrons. The van der Waals surface area contributed by atoms with Crippen LogP contribution in [0.2, 0.25) is 5.02 Å². The van der Waals surface area contributed by atoms with Crippen molar-refractivity contribution < 1.29 is 0 Å². The molecule has 0 unspecified atom stereocenters. The van der Waals surface area contributed by atoms with Crippen molar-refractivity contribution in [3.8, 4) is 5.69 Å². The molecule has 2 aromatic rings. The Labute approximate surface area is 105 Å². The first kappa shape index (κ1) is 12.0. The number of hydrogen-bond acceptors (Lipinski definition) is 1. The smallest absolute Gasteiger partial charge is 0.274 e. The maximum Gasteiger partial charge on any atom is 0.274 e. The van der Waals surface area contributed by atoms with Gasteiger partial charge in [0.05, 0.1) is 5.69 Å². The van der Waals surface area contributed by atoms with E-state index in [1.165, 1.54) is 4.68 Å². The van der Waals surface area contributed by atoms with Crippen molar-refractivity contribution >= 4 is 11.6 Å². The maximum absolute atomic E-state index is 12.2. The summed E-state index contributed by atoms with van der Waals surface area (Å²) >= 11 is 5.93. The van der Waals surface area contributed by atoms with Crippen molar-refractivity contribution in [1.29, 1.82) is 0 Å². The summed E-state index contributed by atoms with van der Waals surface area (Å²) < 4.78 is 1.54. The lowest BCUT2D eigenvalue weighted by Gasteiger charge is -2.01. The Balaban J connectivity index is 2.62. The number of halogens is 1. The third kappa shape index (κ3) is 2.15. The van der Waals surface area contributed by atoms with E-state index in [4.69, 9.17) is 11.6 Å². The van der Waals surface area contributed by atoms with Crippen molar-refractivity contribution in [2.75, 3.05) is 0 Å². The monoisotopic (exact) mass is 250 g/mol. The molecule has 0 radical (unpaired) electrons. The van der Waals surface area contributed by atoms with Gasteiger partial charge in [-0.1, -0.05) is 31.5 Å². The van der Waals surface area contributed by atoms with Crippen molar-refractivity contribution in [1.82, 2.24) is 9.78 Å². The highest BCUT2D eigenvalue weighted by Crippen LogP contribution is 2.17. The van der Waals surface area contributed by atoms with Gasteiger partial charge in [-0.3, -0.25) is 9.89 Å². The van der Waals surface area contributed by atoms with Gasteiger partial charge in [-0.25, -0.2) is 4.68 Å². The molecule has 17 heavy (non-hydrogen) atoms. The molecule has 0 aliphatic rings. The van der Waals surface area contributed by atoms with E-state index in [0.29, 0.717) is 5.02 Å². The van der Waals surface area contributed by atoms with Gasteiger partial charge < -0.3 is 0 Å². The molecule has 0 amide bonds. The van der Waals surface area contributed by atoms with E-state index in [2.05, 4.69) is 5.10 Å². The third-order valence-corrected chi connectivity index (χ3v) is 3.00. The molecule has 1 aromatic carbocycles. The normalized spacial score (nSPS) is 11.1. The molecule has 3 nitrogen and oxygen atoms in total. The molecule has 0 bridgehead atoms. The molecule has 0 saturated heterocycles. The predicted molar refractivity (Wildman–Crippen MR) is 70.2 cm³/mol. The molecular weight excluding hydrogens is 236 g/mol. The Morgan fingerprint density at radius 2 is 2.06 bits per heavy atom. The van der Waals surface area contributed by atoms with Crippen molar-refractivity contribution in [2.45, 2.75) is 26.7 Å². The van der Waals surface area contributed by atoms with E-state index in [1.807, 2.05) is 32.9 Å². The fourth-order valence-corrected chi connectivity index (χ4v) is 2.22. The minimum absolute atomic E-state index is 0.000216. The average Bonchev–Trinajstić information content (AvgIpc) is 2.54. The van der Waals surface area contributed by atoms with Gasteiger partial charge in [-0.15, -0.1) is 0 Å². The third-order valence-electron chi connectivity index (χ3n) is 2.76. The number of aromatic nitrogens is 2. The number of aromatic amines is 1. The SMILES string of the molecule is Cc1[nH]n(-c2cccc(Cl)c2)c(=O)c1C(C)C. The molecule has 0 saturated carbocycles. The number of H-pyrrole nitrogens is 1. The van der Waals surface area contributed by atoms with Gasteiger partial charge in [0.25, 0.3) is 5.56 Å². The lowest BCUT2D eigenvalue weighted by molar-refractivity contribution is 0.824. The second kappa shape index (κ2) is 4.41. The van der Waals surface area contributed by atoms with Crippen molar-refractivity contribution in [3.05, 3.63) is 50.9 Å². The highest BCUT2D eigenvalue weighted by Gasteiger charge is 2.14. The zero-order valence-electron chi connectivity index (χ0n) is 10.1. The summed E-state index contributed by atoms with van der Waals surface area (Å²) in [6, 6.07) is 7.24. The number of hydrogen-bond donors (Lipinski definition) is 1. The molecule has 0 fully saturated rings. The zero-order chi connectivity index (χ0) is 12.6. The van der Waals surface area contributed by atoms with Gasteiger partial charge in [0, 0.05) is 16.3 Å². The van der Waals surface area contributed by atoms with Crippen molar-refractivity contribution in [2.24, 2.45) is 0 Å². The molecule has 0 aliphatic carbocycles. The fourth-order valence-electron chi connectivity index (χ4n) is 2.04. The molecular formula is C13H15ClN2O. The molecule has 1 heterocycles. The van der Waals surface area contributed by atoms with Crippen LogP contribution in [-0.4, -0.2) is 9.78 Å². The number of aryl methyl sites for hydroxylation is 1. The van der Waals surface area contributed by atoms with E-state index >= 15 is 0 Å². The first-order valence-electron chi connectivity index (χ1n) is 5.58. The fraction of sp³-hybridized carbons (Fsp3) is 0.308. The molecule has 1 aromatic heterocycles. The van der Waals surface area contributed by atoms with Gasteiger partial charge in [-0.2, -0.15) is 0 Å². The first-order chi connectivity index (χ1) is 8.00. The van der Waals surface area contributed by atoms with Crippen LogP contribution in [0.3, 0.4) is 0 Å². The molecule has 0 spiro atoms. The highest BCUT2D eigenvalue weighted by atomic mass is 35.5. The Kier molecular flexibility index (Phi) is 3.11. The molecule has 0 aliphatic heterocycles. The van der Waals surface area contributed by atoms with Crippen LogP contribution in [0.4, 0.5) is 0 Å². The van der Waals surface area contributed by atoms with Gasteiger partial charge >= 0.3 is 0 Å². The van der Waals surface area contributed by atoms with Crippen LogP contribution in [0, 0.1) is 6.92 Å². The maximum atomic E-state index is 12.2. The quantitative estimate of drug-likeness (QED) is 0.873. The minimum Gasteiger partial charge on any atom is -0.295 e. The summed E-state index contributed by atoms with van der Waals surface area (Å²) in [6.07, 6.45) is 0. The van der Waals surface area contributed by atoms with Gasteiger partial charge in [0.1, 0.15) is 0 Å². The van der Waals surface area contributed by atoms with Crippen LogP contribution in [-0.2, 0) is 0 Å². The van der Waals surface area contributed by atoms with Crippen LogP contribution in [0.1, 0.15) is 31.0 Å². The van der Waals surface area contributed by atoms with Gasteiger partial charge in [-0.05, 0) is 31.0 Å². The largest absolute Gasteiger partial charge is 0.295 e. The van der Waals surface area contributed by atoms with Crippen LogP contribution in [0.15, 0.2) is 29.1 Å². The lowest BCUT2D eigenvalue weighted by atomic mass is 10.1. The minimum atomic E-state index is -0.000216. The second-order valence-corrected chi connectivity index (χ2v) is 4.86. The molecule has 4 heteroatoms. The number of benzene rings is 1. The summed E-state index contributed by atoms with van der Waals surface area (Å²) in [5, 5.41) is 3.70. The molecule has 2 rings (SSSR count). The summed E-state index contributed by atoms with van der Waals surface area (Å²) in [5.74, 6) is 0.208. The van der Waals surface area contributed by atoms with E-state index in [1.54, 1.807) is 12.1 Å². The second-order valence-electron chi connectivity index (χ2n) is 4.43. The zero-order valence-corrected chi connectivity index (χ0v) is 10.9.